The minimum Gasteiger partial charge on any atom is -0.394 e. The van der Waals surface area contributed by atoms with Gasteiger partial charge in [0, 0.05) is 12.6 Å². The molecular formula is C11H21N5O. The molecule has 0 aromatic carbocycles. The molecule has 0 bridgehead atoms. The Labute approximate surface area is 102 Å². The number of anilines is 2. The van der Waals surface area contributed by atoms with Crippen LogP contribution in [0.1, 0.15) is 32.5 Å². The van der Waals surface area contributed by atoms with Crippen molar-refractivity contribution in [3.05, 3.63) is 5.69 Å². The van der Waals surface area contributed by atoms with Gasteiger partial charge in [0.1, 0.15) is 5.82 Å². The lowest BCUT2D eigenvalue weighted by molar-refractivity contribution is -0.119. The van der Waals surface area contributed by atoms with Crippen molar-refractivity contribution < 1.29 is 4.79 Å². The zero-order valence-corrected chi connectivity index (χ0v) is 10.9. The fourth-order valence-electron chi connectivity index (χ4n) is 1.53. The monoisotopic (exact) mass is 239 g/mol. The lowest BCUT2D eigenvalue weighted by Gasteiger charge is -2.13. The van der Waals surface area contributed by atoms with Crippen LogP contribution in [0.3, 0.4) is 0 Å². The summed E-state index contributed by atoms with van der Waals surface area (Å²) in [5.41, 5.74) is 7.30. The van der Waals surface area contributed by atoms with Crippen LogP contribution >= 0.6 is 0 Å². The second-order valence-corrected chi connectivity index (χ2v) is 4.19. The first kappa shape index (κ1) is 13.3. The van der Waals surface area contributed by atoms with E-state index < -0.39 is 0 Å². The fraction of sp³-hybridized carbons (Fsp3) is 0.636. The lowest BCUT2D eigenvalue weighted by atomic mass is 10.3. The maximum atomic E-state index is 11.4. The van der Waals surface area contributed by atoms with Gasteiger partial charge in [-0.1, -0.05) is 0 Å². The van der Waals surface area contributed by atoms with Crippen LogP contribution in [0, 0.1) is 6.92 Å². The van der Waals surface area contributed by atoms with E-state index in [1.165, 1.54) is 0 Å². The third-order valence-electron chi connectivity index (χ3n) is 2.41. The number of nitrogens with zero attached hydrogens (tertiary/aromatic N) is 2. The molecule has 6 heteroatoms. The standard InChI is InChI=1S/C11H21N5O/c1-5-13-9(17)6-14-11-10(12)8(4)15-16(11)7(2)3/h7,14H,5-6,12H2,1-4H3,(H,13,17). The number of hydrogen-bond donors (Lipinski definition) is 3. The van der Waals surface area contributed by atoms with Gasteiger partial charge in [0.2, 0.25) is 5.91 Å². The number of rotatable bonds is 5. The maximum Gasteiger partial charge on any atom is 0.239 e. The number of carbonyl (C=O) groups is 1. The third-order valence-corrected chi connectivity index (χ3v) is 2.41. The largest absolute Gasteiger partial charge is 0.394 e. The van der Waals surface area contributed by atoms with E-state index in [4.69, 9.17) is 5.73 Å². The molecule has 6 nitrogen and oxygen atoms in total. The minimum atomic E-state index is -0.0546. The number of aromatic nitrogens is 2. The van der Waals surface area contributed by atoms with Crippen molar-refractivity contribution in [1.29, 1.82) is 0 Å². The van der Waals surface area contributed by atoms with E-state index in [0.29, 0.717) is 18.1 Å². The van der Waals surface area contributed by atoms with Crippen molar-refractivity contribution in [2.24, 2.45) is 0 Å². The van der Waals surface area contributed by atoms with Crippen LogP contribution < -0.4 is 16.4 Å². The first-order valence-corrected chi connectivity index (χ1v) is 5.82. The second-order valence-electron chi connectivity index (χ2n) is 4.19. The summed E-state index contributed by atoms with van der Waals surface area (Å²) in [5, 5.41) is 10.1. The summed E-state index contributed by atoms with van der Waals surface area (Å²) in [6.45, 7) is 8.60. The Bertz CT molecular complexity index is 397. The van der Waals surface area contributed by atoms with Crippen molar-refractivity contribution in [3.8, 4) is 0 Å². The van der Waals surface area contributed by atoms with Crippen LogP contribution in [0.2, 0.25) is 0 Å². The molecule has 4 N–H and O–H groups in total. The summed E-state index contributed by atoms with van der Waals surface area (Å²) >= 11 is 0. The number of aryl methyl sites for hydroxylation is 1. The Morgan fingerprint density at radius 1 is 1.53 bits per heavy atom. The summed E-state index contributed by atoms with van der Waals surface area (Å²) in [6.07, 6.45) is 0. The normalized spacial score (nSPS) is 10.6. The summed E-state index contributed by atoms with van der Waals surface area (Å²) in [4.78, 5) is 11.4. The van der Waals surface area contributed by atoms with Crippen molar-refractivity contribution in [1.82, 2.24) is 15.1 Å². The molecule has 0 atom stereocenters. The average Bonchev–Trinajstić information content (AvgIpc) is 2.54. The molecule has 1 rings (SSSR count). The van der Waals surface area contributed by atoms with Crippen LogP contribution in [-0.2, 0) is 4.79 Å². The van der Waals surface area contributed by atoms with Crippen molar-refractivity contribution >= 4 is 17.4 Å². The third kappa shape index (κ3) is 3.12. The van der Waals surface area contributed by atoms with Gasteiger partial charge in [0.25, 0.3) is 0 Å². The van der Waals surface area contributed by atoms with Gasteiger partial charge >= 0.3 is 0 Å². The minimum absolute atomic E-state index is 0.0546. The zero-order chi connectivity index (χ0) is 13.0. The van der Waals surface area contributed by atoms with Crippen LogP contribution in [0.15, 0.2) is 0 Å². The summed E-state index contributed by atoms with van der Waals surface area (Å²) < 4.78 is 1.80. The van der Waals surface area contributed by atoms with Crippen LogP contribution in [-0.4, -0.2) is 28.8 Å². The van der Waals surface area contributed by atoms with Crippen molar-refractivity contribution in [3.63, 3.8) is 0 Å². The SMILES string of the molecule is CCNC(=O)CNc1c(N)c(C)nn1C(C)C. The topological polar surface area (TPSA) is 85.0 Å². The fourth-order valence-corrected chi connectivity index (χ4v) is 1.53. The van der Waals surface area contributed by atoms with Gasteiger partial charge < -0.3 is 16.4 Å². The molecule has 1 aromatic heterocycles. The first-order chi connectivity index (χ1) is 7.97. The van der Waals surface area contributed by atoms with Crippen molar-refractivity contribution in [2.75, 3.05) is 24.1 Å². The number of likely N-dealkylation sites (N-methyl/N-ethyl adjacent to an activating group) is 1. The van der Waals surface area contributed by atoms with Crippen LogP contribution in [0.5, 0.6) is 0 Å². The smallest absolute Gasteiger partial charge is 0.239 e. The molecule has 0 spiro atoms. The number of nitrogens with two attached hydrogens (primary N) is 1. The maximum absolute atomic E-state index is 11.4. The molecule has 0 aliphatic rings. The number of carbonyl (C=O) groups excluding carboxylic acids is 1. The molecule has 0 radical (unpaired) electrons. The van der Waals surface area contributed by atoms with Gasteiger partial charge in [-0.25, -0.2) is 4.68 Å². The average molecular weight is 239 g/mol. The Balaban J connectivity index is 2.79. The molecule has 1 amide bonds. The highest BCUT2D eigenvalue weighted by molar-refractivity contribution is 5.81. The van der Waals surface area contributed by atoms with Crippen LogP contribution in [0.25, 0.3) is 0 Å². The highest BCUT2D eigenvalue weighted by Crippen LogP contribution is 2.24. The Morgan fingerprint density at radius 2 is 2.18 bits per heavy atom. The van der Waals surface area contributed by atoms with E-state index >= 15 is 0 Å². The molecule has 0 aliphatic carbocycles. The summed E-state index contributed by atoms with van der Waals surface area (Å²) in [5.74, 6) is 0.657. The molecular weight excluding hydrogens is 218 g/mol. The number of nitrogens with one attached hydrogen (secondary N) is 2. The van der Waals surface area contributed by atoms with Gasteiger partial charge in [-0.05, 0) is 27.7 Å². The summed E-state index contributed by atoms with van der Waals surface area (Å²) in [7, 11) is 0. The lowest BCUT2D eigenvalue weighted by Crippen LogP contribution is -2.30. The van der Waals surface area contributed by atoms with E-state index in [0.717, 1.165) is 5.69 Å². The Kier molecular flexibility index (Phi) is 4.37. The van der Waals surface area contributed by atoms with Crippen molar-refractivity contribution in [2.45, 2.75) is 33.7 Å². The first-order valence-electron chi connectivity index (χ1n) is 5.82. The summed E-state index contributed by atoms with van der Waals surface area (Å²) in [6, 6.07) is 0.197. The molecule has 0 aliphatic heterocycles. The molecule has 1 heterocycles. The molecule has 1 aromatic rings. The van der Waals surface area contributed by atoms with E-state index in [1.807, 2.05) is 27.7 Å². The predicted molar refractivity (Wildman–Crippen MR) is 68.9 cm³/mol. The molecule has 96 valence electrons. The zero-order valence-electron chi connectivity index (χ0n) is 10.9. The van der Waals surface area contributed by atoms with Crippen LogP contribution in [0.4, 0.5) is 11.5 Å². The highest BCUT2D eigenvalue weighted by Gasteiger charge is 2.14. The predicted octanol–water partition coefficient (Wildman–Crippen LogP) is 0.903. The molecule has 0 saturated heterocycles. The molecule has 17 heavy (non-hydrogen) atoms. The number of hydrogen-bond acceptors (Lipinski definition) is 4. The highest BCUT2D eigenvalue weighted by atomic mass is 16.1. The molecule has 0 unspecified atom stereocenters. The van der Waals surface area contributed by atoms with E-state index in [2.05, 4.69) is 15.7 Å². The van der Waals surface area contributed by atoms with E-state index in [-0.39, 0.29) is 18.5 Å². The number of nitrogen functional groups attached to an aromatic ring is 1. The molecule has 0 saturated carbocycles. The van der Waals surface area contributed by atoms with E-state index in [9.17, 15) is 4.79 Å². The van der Waals surface area contributed by atoms with Gasteiger partial charge in [-0.3, -0.25) is 4.79 Å². The van der Waals surface area contributed by atoms with Gasteiger partial charge in [0.05, 0.1) is 17.9 Å². The van der Waals surface area contributed by atoms with Gasteiger partial charge in [-0.2, -0.15) is 5.10 Å². The Morgan fingerprint density at radius 3 is 2.71 bits per heavy atom. The van der Waals surface area contributed by atoms with Gasteiger partial charge in [-0.15, -0.1) is 0 Å². The van der Waals surface area contributed by atoms with Gasteiger partial charge in [0.15, 0.2) is 0 Å². The molecule has 0 fully saturated rings. The van der Waals surface area contributed by atoms with E-state index in [1.54, 1.807) is 4.68 Å². The number of amides is 1. The Hall–Kier alpha value is -1.72. The quantitative estimate of drug-likeness (QED) is 0.712. The second kappa shape index (κ2) is 5.56.